The summed E-state index contributed by atoms with van der Waals surface area (Å²) in [4.78, 5) is 20.7. The van der Waals surface area contributed by atoms with E-state index in [1.807, 2.05) is 0 Å². The molecular formula is C11H12O6. The van der Waals surface area contributed by atoms with Crippen LogP contribution in [-0.2, 0) is 19.2 Å². The summed E-state index contributed by atoms with van der Waals surface area (Å²) in [7, 11) is 1.32. The summed E-state index contributed by atoms with van der Waals surface area (Å²) in [6.45, 7) is 0.209. The number of para-hydroxylation sites is 1. The maximum absolute atomic E-state index is 11.4. The summed E-state index contributed by atoms with van der Waals surface area (Å²) in [6, 6.07) is 6.77. The van der Waals surface area contributed by atoms with E-state index >= 15 is 0 Å². The zero-order valence-corrected chi connectivity index (χ0v) is 9.25. The van der Waals surface area contributed by atoms with Crippen LogP contribution in [-0.4, -0.2) is 32.8 Å². The Kier molecular flexibility index (Phi) is 3.92. The Morgan fingerprint density at radius 2 is 2.29 bits per heavy atom. The highest BCUT2D eigenvalue weighted by Crippen LogP contribution is 2.19. The lowest BCUT2D eigenvalue weighted by Gasteiger charge is -2.11. The van der Waals surface area contributed by atoms with Crippen molar-refractivity contribution in [3.63, 3.8) is 0 Å². The van der Waals surface area contributed by atoms with E-state index in [0.717, 1.165) is 0 Å². The van der Waals surface area contributed by atoms with Gasteiger partial charge in [0.05, 0.1) is 7.11 Å². The zero-order valence-electron chi connectivity index (χ0n) is 9.25. The molecule has 92 valence electrons. The summed E-state index contributed by atoms with van der Waals surface area (Å²) in [5, 5.41) is 0. The van der Waals surface area contributed by atoms with Crippen molar-refractivity contribution in [2.75, 3.05) is 20.5 Å². The molecule has 1 fully saturated rings. The number of methoxy groups -OCH3 is 1. The van der Waals surface area contributed by atoms with Gasteiger partial charge in [-0.1, -0.05) is 12.1 Å². The van der Waals surface area contributed by atoms with Gasteiger partial charge in [-0.05, 0) is 12.1 Å². The molecule has 1 aliphatic rings. The third-order valence-electron chi connectivity index (χ3n) is 2.14. The van der Waals surface area contributed by atoms with Crippen LogP contribution in [0.25, 0.3) is 0 Å². The van der Waals surface area contributed by atoms with Crippen LogP contribution in [0, 0.1) is 0 Å². The van der Waals surface area contributed by atoms with Crippen molar-refractivity contribution in [3.05, 3.63) is 29.8 Å². The summed E-state index contributed by atoms with van der Waals surface area (Å²) in [6.07, 6.45) is -0.583. The van der Waals surface area contributed by atoms with Crippen molar-refractivity contribution < 1.29 is 28.8 Å². The van der Waals surface area contributed by atoms with Crippen LogP contribution in [0.2, 0.25) is 0 Å². The molecule has 6 nitrogen and oxygen atoms in total. The number of esters is 1. The maximum Gasteiger partial charge on any atom is 0.341 e. The van der Waals surface area contributed by atoms with Gasteiger partial charge in [-0.3, -0.25) is 0 Å². The first-order valence-electron chi connectivity index (χ1n) is 5.01. The molecule has 1 atom stereocenters. The molecule has 0 aliphatic carbocycles. The van der Waals surface area contributed by atoms with Gasteiger partial charge in [0.15, 0.2) is 6.79 Å². The number of rotatable bonds is 4. The fourth-order valence-electron chi connectivity index (χ4n) is 1.34. The Morgan fingerprint density at radius 3 is 3.00 bits per heavy atom. The fraction of sp³-hybridized carbons (Fsp3) is 0.364. The molecule has 0 bridgehead atoms. The summed E-state index contributed by atoms with van der Waals surface area (Å²) in [5.74, 6) is -0.0384. The van der Waals surface area contributed by atoms with Crippen LogP contribution < -0.4 is 4.74 Å². The topological polar surface area (TPSA) is 63.2 Å². The number of hydrogen-bond donors (Lipinski definition) is 0. The molecule has 0 saturated carbocycles. The number of hydrogen-bond acceptors (Lipinski definition) is 6. The van der Waals surface area contributed by atoms with Gasteiger partial charge >= 0.3 is 5.97 Å². The number of ether oxygens (including phenoxy) is 3. The lowest BCUT2D eigenvalue weighted by molar-refractivity contribution is -0.280. The third-order valence-corrected chi connectivity index (χ3v) is 2.14. The standard InChI is InChI=1S/C11H12O6/c1-13-11(12)8-4-2-3-5-9(8)14-6-10-15-7-16-17-10/h2-5,10H,6-7H2,1H3. The van der Waals surface area contributed by atoms with Gasteiger partial charge in [0, 0.05) is 0 Å². The molecule has 1 aliphatic heterocycles. The summed E-state index contributed by atoms with van der Waals surface area (Å²) < 4.78 is 15.1. The number of carbonyl (C=O) groups is 1. The first-order chi connectivity index (χ1) is 8.31. The lowest BCUT2D eigenvalue weighted by atomic mass is 10.2. The largest absolute Gasteiger partial charge is 0.487 e. The predicted molar refractivity (Wildman–Crippen MR) is 55.2 cm³/mol. The first-order valence-corrected chi connectivity index (χ1v) is 5.01. The Hall–Kier alpha value is -1.63. The molecule has 0 amide bonds. The van der Waals surface area contributed by atoms with Gasteiger partial charge in [0.1, 0.15) is 17.9 Å². The molecule has 1 aromatic rings. The van der Waals surface area contributed by atoms with Gasteiger partial charge in [-0.15, -0.1) is 0 Å². The van der Waals surface area contributed by atoms with Crippen LogP contribution in [0.4, 0.5) is 0 Å². The van der Waals surface area contributed by atoms with E-state index < -0.39 is 12.3 Å². The second-order valence-corrected chi connectivity index (χ2v) is 3.23. The Bertz CT molecular complexity index is 385. The molecule has 1 saturated heterocycles. The molecule has 6 heteroatoms. The molecular weight excluding hydrogens is 228 g/mol. The average molecular weight is 240 g/mol. The Balaban J connectivity index is 2.01. The Labute approximate surface area is 97.9 Å². The second kappa shape index (κ2) is 5.62. The van der Waals surface area contributed by atoms with Gasteiger partial charge in [0.2, 0.25) is 6.29 Å². The molecule has 2 rings (SSSR count). The van der Waals surface area contributed by atoms with Crippen molar-refractivity contribution in [3.8, 4) is 5.75 Å². The molecule has 17 heavy (non-hydrogen) atoms. The molecule has 0 radical (unpaired) electrons. The van der Waals surface area contributed by atoms with Crippen LogP contribution in [0.15, 0.2) is 24.3 Å². The SMILES string of the molecule is COC(=O)c1ccccc1OCC1OCOO1. The number of benzene rings is 1. The van der Waals surface area contributed by atoms with Crippen LogP contribution >= 0.6 is 0 Å². The highest BCUT2D eigenvalue weighted by molar-refractivity contribution is 5.92. The molecule has 1 aromatic carbocycles. The van der Waals surface area contributed by atoms with Gasteiger partial charge in [-0.25, -0.2) is 9.68 Å². The summed E-state index contributed by atoms with van der Waals surface area (Å²) in [5.41, 5.74) is 0.355. The van der Waals surface area contributed by atoms with Gasteiger partial charge in [-0.2, -0.15) is 4.89 Å². The fourth-order valence-corrected chi connectivity index (χ4v) is 1.34. The highest BCUT2D eigenvalue weighted by Gasteiger charge is 2.20. The van der Waals surface area contributed by atoms with E-state index in [1.54, 1.807) is 24.3 Å². The molecule has 0 spiro atoms. The van der Waals surface area contributed by atoms with Crippen LogP contribution in [0.1, 0.15) is 10.4 Å². The van der Waals surface area contributed by atoms with Crippen molar-refractivity contribution in [2.24, 2.45) is 0 Å². The average Bonchev–Trinajstić information content (AvgIpc) is 2.89. The minimum Gasteiger partial charge on any atom is -0.487 e. The van der Waals surface area contributed by atoms with E-state index in [0.29, 0.717) is 11.3 Å². The normalized spacial score (nSPS) is 19.0. The third kappa shape index (κ3) is 2.94. The Morgan fingerprint density at radius 1 is 1.47 bits per heavy atom. The van der Waals surface area contributed by atoms with Crippen molar-refractivity contribution in [1.29, 1.82) is 0 Å². The molecule has 0 N–H and O–H groups in total. The summed E-state index contributed by atoms with van der Waals surface area (Å²) >= 11 is 0. The zero-order chi connectivity index (χ0) is 12.1. The van der Waals surface area contributed by atoms with E-state index in [9.17, 15) is 4.79 Å². The van der Waals surface area contributed by atoms with Crippen molar-refractivity contribution in [1.82, 2.24) is 0 Å². The minimum atomic E-state index is -0.583. The smallest absolute Gasteiger partial charge is 0.341 e. The monoisotopic (exact) mass is 240 g/mol. The van der Waals surface area contributed by atoms with Gasteiger partial charge in [0.25, 0.3) is 0 Å². The van der Waals surface area contributed by atoms with Crippen LogP contribution in [0.3, 0.4) is 0 Å². The molecule has 1 heterocycles. The quantitative estimate of drug-likeness (QED) is 0.580. The molecule has 1 unspecified atom stereocenters. The van der Waals surface area contributed by atoms with E-state index in [1.165, 1.54) is 7.11 Å². The van der Waals surface area contributed by atoms with E-state index in [-0.39, 0.29) is 13.4 Å². The van der Waals surface area contributed by atoms with E-state index in [4.69, 9.17) is 14.4 Å². The highest BCUT2D eigenvalue weighted by atomic mass is 17.3. The van der Waals surface area contributed by atoms with Crippen LogP contribution in [0.5, 0.6) is 5.75 Å². The molecule has 0 aromatic heterocycles. The maximum atomic E-state index is 11.4. The van der Waals surface area contributed by atoms with Crippen molar-refractivity contribution in [2.45, 2.75) is 6.29 Å². The predicted octanol–water partition coefficient (Wildman–Crippen LogP) is 1.11. The lowest BCUT2D eigenvalue weighted by Crippen LogP contribution is -2.19. The second-order valence-electron chi connectivity index (χ2n) is 3.23. The van der Waals surface area contributed by atoms with E-state index in [2.05, 4.69) is 9.62 Å². The minimum absolute atomic E-state index is 0.0761. The first kappa shape index (κ1) is 11.8. The van der Waals surface area contributed by atoms with Crippen molar-refractivity contribution >= 4 is 5.97 Å². The number of carbonyl (C=O) groups excluding carboxylic acids is 1. The van der Waals surface area contributed by atoms with Gasteiger partial charge < -0.3 is 14.2 Å².